The minimum atomic E-state index is -0.565. The average Bonchev–Trinajstić information content (AvgIpc) is 2.75. The number of amides is 1. The van der Waals surface area contributed by atoms with Crippen LogP contribution in [0.5, 0.6) is 0 Å². The third kappa shape index (κ3) is 4.05. The van der Waals surface area contributed by atoms with Gasteiger partial charge in [0, 0.05) is 6.20 Å². The van der Waals surface area contributed by atoms with E-state index in [1.165, 1.54) is 29.0 Å². The molecule has 0 saturated heterocycles. The quantitative estimate of drug-likeness (QED) is 0.284. The number of benzene rings is 2. The van der Waals surface area contributed by atoms with Gasteiger partial charge in [0.05, 0.1) is 28.0 Å². The van der Waals surface area contributed by atoms with Gasteiger partial charge in [-0.3, -0.25) is 14.2 Å². The first-order chi connectivity index (χ1) is 14.5. The fourth-order valence-corrected chi connectivity index (χ4v) is 3.82. The van der Waals surface area contributed by atoms with Gasteiger partial charge >= 0.3 is 0 Å². The van der Waals surface area contributed by atoms with Crippen LogP contribution in [0, 0.1) is 5.82 Å². The van der Waals surface area contributed by atoms with Crippen molar-refractivity contribution in [2.45, 2.75) is 5.16 Å². The maximum atomic E-state index is 14.5. The Labute approximate surface area is 179 Å². The Morgan fingerprint density at radius 1 is 1.10 bits per heavy atom. The van der Waals surface area contributed by atoms with Gasteiger partial charge in [-0.05, 0) is 36.4 Å². The van der Waals surface area contributed by atoms with Gasteiger partial charge in [-0.25, -0.2) is 14.4 Å². The van der Waals surface area contributed by atoms with Gasteiger partial charge in [0.2, 0.25) is 5.91 Å². The van der Waals surface area contributed by atoms with E-state index in [1.54, 1.807) is 42.5 Å². The molecule has 0 spiro atoms. The van der Waals surface area contributed by atoms with E-state index in [4.69, 9.17) is 11.6 Å². The summed E-state index contributed by atoms with van der Waals surface area (Å²) in [7, 11) is 0. The molecule has 2 heterocycles. The number of pyridine rings is 1. The second kappa shape index (κ2) is 8.64. The van der Waals surface area contributed by atoms with Gasteiger partial charge in [-0.2, -0.15) is 0 Å². The van der Waals surface area contributed by atoms with E-state index in [0.29, 0.717) is 16.6 Å². The van der Waals surface area contributed by atoms with Crippen molar-refractivity contribution < 1.29 is 9.18 Å². The molecule has 0 atom stereocenters. The second-order valence-electron chi connectivity index (χ2n) is 6.18. The topological polar surface area (TPSA) is 76.9 Å². The van der Waals surface area contributed by atoms with Crippen molar-refractivity contribution >= 4 is 45.9 Å². The van der Waals surface area contributed by atoms with Gasteiger partial charge in [0.15, 0.2) is 10.3 Å². The summed E-state index contributed by atoms with van der Waals surface area (Å²) < 4.78 is 15.7. The molecule has 0 aliphatic carbocycles. The summed E-state index contributed by atoms with van der Waals surface area (Å²) >= 11 is 6.98. The van der Waals surface area contributed by atoms with Crippen molar-refractivity contribution in [2.75, 3.05) is 11.1 Å². The van der Waals surface area contributed by atoms with Crippen LogP contribution in [0.3, 0.4) is 0 Å². The lowest BCUT2D eigenvalue weighted by atomic mass is 10.2. The SMILES string of the molecule is O=C(CSc1nc2ccccc2c(=O)n1-c1ccccc1F)Nc1cccnc1Cl. The Morgan fingerprint density at radius 3 is 2.67 bits per heavy atom. The van der Waals surface area contributed by atoms with Crippen molar-refractivity contribution in [3.05, 3.63) is 88.2 Å². The number of thioether (sulfide) groups is 1. The summed E-state index contributed by atoms with van der Waals surface area (Å²) in [6.07, 6.45) is 1.51. The zero-order valence-corrected chi connectivity index (χ0v) is 17.0. The van der Waals surface area contributed by atoms with Crippen molar-refractivity contribution in [1.82, 2.24) is 14.5 Å². The summed E-state index contributed by atoms with van der Waals surface area (Å²) in [6, 6.07) is 16.0. The largest absolute Gasteiger partial charge is 0.323 e. The van der Waals surface area contributed by atoms with Gasteiger partial charge in [-0.15, -0.1) is 0 Å². The van der Waals surface area contributed by atoms with Gasteiger partial charge in [-0.1, -0.05) is 47.6 Å². The molecule has 0 aliphatic heterocycles. The van der Waals surface area contributed by atoms with Crippen LogP contribution in [0.25, 0.3) is 16.6 Å². The minimum Gasteiger partial charge on any atom is -0.323 e. The first-order valence-electron chi connectivity index (χ1n) is 8.84. The molecule has 6 nitrogen and oxygen atoms in total. The maximum Gasteiger partial charge on any atom is 0.266 e. The number of nitrogens with zero attached hydrogens (tertiary/aromatic N) is 3. The van der Waals surface area contributed by atoms with Crippen LogP contribution in [0.1, 0.15) is 0 Å². The van der Waals surface area contributed by atoms with Crippen molar-refractivity contribution in [3.63, 3.8) is 0 Å². The highest BCUT2D eigenvalue weighted by Gasteiger charge is 2.17. The van der Waals surface area contributed by atoms with E-state index < -0.39 is 11.4 Å². The molecule has 4 aromatic rings. The Bertz CT molecular complexity index is 1310. The molecule has 0 aliphatic rings. The van der Waals surface area contributed by atoms with E-state index >= 15 is 0 Å². The number of rotatable bonds is 5. The van der Waals surface area contributed by atoms with Crippen molar-refractivity contribution in [3.8, 4) is 5.69 Å². The molecule has 0 bridgehead atoms. The molecular weight excluding hydrogens is 427 g/mol. The Morgan fingerprint density at radius 2 is 1.87 bits per heavy atom. The van der Waals surface area contributed by atoms with E-state index in [0.717, 1.165) is 11.8 Å². The van der Waals surface area contributed by atoms with Crippen LogP contribution in [0.2, 0.25) is 5.15 Å². The fraction of sp³-hybridized carbons (Fsp3) is 0.0476. The van der Waals surface area contributed by atoms with Crippen LogP contribution < -0.4 is 10.9 Å². The predicted molar refractivity (Wildman–Crippen MR) is 116 cm³/mol. The lowest BCUT2D eigenvalue weighted by Gasteiger charge is -2.14. The number of para-hydroxylation sites is 2. The molecule has 1 N–H and O–H groups in total. The third-order valence-electron chi connectivity index (χ3n) is 4.20. The molecule has 1 amide bonds. The van der Waals surface area contributed by atoms with Crippen LogP contribution in [0.4, 0.5) is 10.1 Å². The molecule has 30 heavy (non-hydrogen) atoms. The van der Waals surface area contributed by atoms with Gasteiger partial charge in [0.25, 0.3) is 5.56 Å². The number of carbonyl (C=O) groups excluding carboxylic acids is 1. The van der Waals surface area contributed by atoms with Crippen molar-refractivity contribution in [2.24, 2.45) is 0 Å². The van der Waals surface area contributed by atoms with Crippen LogP contribution in [0.15, 0.2) is 76.8 Å². The van der Waals surface area contributed by atoms with Gasteiger partial charge in [0.1, 0.15) is 5.82 Å². The number of aromatic nitrogens is 3. The molecular formula is C21H14ClFN4O2S. The fourth-order valence-electron chi connectivity index (χ4n) is 2.85. The summed E-state index contributed by atoms with van der Waals surface area (Å²) in [5, 5.41) is 3.39. The van der Waals surface area contributed by atoms with Crippen LogP contribution in [-0.4, -0.2) is 26.2 Å². The zero-order valence-electron chi connectivity index (χ0n) is 15.4. The van der Waals surface area contributed by atoms with Crippen molar-refractivity contribution in [1.29, 1.82) is 0 Å². The molecule has 2 aromatic heterocycles. The molecule has 0 unspecified atom stereocenters. The van der Waals surface area contributed by atoms with E-state index in [9.17, 15) is 14.0 Å². The molecule has 4 rings (SSSR count). The Balaban J connectivity index is 1.70. The number of hydrogen-bond donors (Lipinski definition) is 1. The number of carbonyl (C=O) groups is 1. The number of fused-ring (bicyclic) bond motifs is 1. The smallest absolute Gasteiger partial charge is 0.266 e. The van der Waals surface area contributed by atoms with E-state index in [2.05, 4.69) is 15.3 Å². The highest BCUT2D eigenvalue weighted by molar-refractivity contribution is 7.99. The molecule has 150 valence electrons. The highest BCUT2D eigenvalue weighted by atomic mass is 35.5. The Hall–Kier alpha value is -3.23. The number of halogens is 2. The summed E-state index contributed by atoms with van der Waals surface area (Å²) in [5.74, 6) is -0.993. The Kier molecular flexibility index (Phi) is 5.78. The molecule has 0 fully saturated rings. The van der Waals surface area contributed by atoms with E-state index in [-0.39, 0.29) is 27.7 Å². The number of anilines is 1. The number of nitrogens with one attached hydrogen (secondary N) is 1. The lowest BCUT2D eigenvalue weighted by molar-refractivity contribution is -0.113. The first-order valence-corrected chi connectivity index (χ1v) is 10.2. The van der Waals surface area contributed by atoms with E-state index in [1.807, 2.05) is 0 Å². The maximum absolute atomic E-state index is 14.5. The molecule has 9 heteroatoms. The minimum absolute atomic E-state index is 0.0650. The normalized spacial score (nSPS) is 10.9. The molecule has 0 saturated carbocycles. The first kappa shape index (κ1) is 20.1. The van der Waals surface area contributed by atoms with Crippen LogP contribution >= 0.6 is 23.4 Å². The summed E-state index contributed by atoms with van der Waals surface area (Å²) in [6.45, 7) is 0. The third-order valence-corrected chi connectivity index (χ3v) is 5.44. The highest BCUT2D eigenvalue weighted by Crippen LogP contribution is 2.24. The van der Waals surface area contributed by atoms with Gasteiger partial charge < -0.3 is 5.32 Å². The monoisotopic (exact) mass is 440 g/mol. The van der Waals surface area contributed by atoms with Crippen LogP contribution in [-0.2, 0) is 4.79 Å². The standard InChI is InChI=1S/C21H14ClFN4O2S/c22-19-16(9-5-11-24-19)25-18(28)12-30-21-26-15-8-3-1-6-13(15)20(29)27(21)17-10-4-2-7-14(17)23/h1-11H,12H2,(H,25,28). The average molecular weight is 441 g/mol. The second-order valence-corrected chi connectivity index (χ2v) is 7.48. The molecule has 0 radical (unpaired) electrons. The molecule has 2 aromatic carbocycles. The predicted octanol–water partition coefficient (Wildman–Crippen LogP) is 4.30. The zero-order chi connectivity index (χ0) is 21.1. The number of hydrogen-bond acceptors (Lipinski definition) is 5. The lowest BCUT2D eigenvalue weighted by Crippen LogP contribution is -2.23. The summed E-state index contributed by atoms with van der Waals surface area (Å²) in [5.41, 5.74) is 0.499. The summed E-state index contributed by atoms with van der Waals surface area (Å²) in [4.78, 5) is 33.9.